The largest absolute Gasteiger partial charge is 0.393 e. The standard InChI is InChI=1S/C15H22N6O/c1-8-6-16-9(2)14(18-8)17-7-12-4-11(5-13(12)22)15-19-10(3)20-21-15/h6,11-13,22H,4-5,7H2,1-3H3,(H,17,18)(H,19,20,21)/t11-,12+,13+/m0/s1. The molecule has 3 atom stereocenters. The van der Waals surface area contributed by atoms with E-state index in [1.165, 1.54) is 0 Å². The number of anilines is 1. The van der Waals surface area contributed by atoms with Crippen LogP contribution in [0.3, 0.4) is 0 Å². The van der Waals surface area contributed by atoms with Crippen LogP contribution >= 0.6 is 0 Å². The van der Waals surface area contributed by atoms with Crippen molar-refractivity contribution >= 4 is 5.82 Å². The Kier molecular flexibility index (Phi) is 4.06. The molecule has 3 rings (SSSR count). The van der Waals surface area contributed by atoms with E-state index in [-0.39, 0.29) is 17.9 Å². The van der Waals surface area contributed by atoms with Gasteiger partial charge in [0.25, 0.3) is 0 Å². The highest BCUT2D eigenvalue weighted by atomic mass is 16.3. The first-order chi connectivity index (χ1) is 10.5. The average molecular weight is 302 g/mol. The number of nitrogens with zero attached hydrogens (tertiary/aromatic N) is 4. The minimum atomic E-state index is -0.339. The van der Waals surface area contributed by atoms with Crippen molar-refractivity contribution in [3.8, 4) is 0 Å². The number of aliphatic hydroxyl groups is 1. The van der Waals surface area contributed by atoms with Gasteiger partial charge < -0.3 is 10.4 Å². The Morgan fingerprint density at radius 2 is 2.09 bits per heavy atom. The lowest BCUT2D eigenvalue weighted by Gasteiger charge is -2.16. The fourth-order valence-corrected chi connectivity index (χ4v) is 3.01. The SMILES string of the molecule is Cc1cnc(C)c(NC[C@H]2C[C@H](c3n[nH]c(C)n3)C[C@H]2O)n1. The van der Waals surface area contributed by atoms with Gasteiger partial charge in [-0.05, 0) is 33.6 Å². The van der Waals surface area contributed by atoms with E-state index in [0.717, 1.165) is 35.3 Å². The predicted octanol–water partition coefficient (Wildman–Crippen LogP) is 1.49. The van der Waals surface area contributed by atoms with Crippen molar-refractivity contribution in [2.75, 3.05) is 11.9 Å². The van der Waals surface area contributed by atoms with Gasteiger partial charge in [0.15, 0.2) is 5.82 Å². The van der Waals surface area contributed by atoms with Crippen LogP contribution in [0.2, 0.25) is 0 Å². The molecule has 2 aromatic rings. The number of rotatable bonds is 4. The van der Waals surface area contributed by atoms with Crippen LogP contribution in [0.4, 0.5) is 5.82 Å². The van der Waals surface area contributed by atoms with E-state index < -0.39 is 0 Å². The molecule has 0 aliphatic heterocycles. The molecule has 0 amide bonds. The Balaban J connectivity index is 1.62. The van der Waals surface area contributed by atoms with Crippen LogP contribution in [0, 0.1) is 26.7 Å². The molecule has 118 valence electrons. The zero-order chi connectivity index (χ0) is 15.7. The molecule has 0 saturated heterocycles. The van der Waals surface area contributed by atoms with Crippen molar-refractivity contribution in [1.29, 1.82) is 0 Å². The average Bonchev–Trinajstić information content (AvgIpc) is 3.06. The molecule has 1 saturated carbocycles. The topological polar surface area (TPSA) is 99.6 Å². The van der Waals surface area contributed by atoms with Gasteiger partial charge in [0, 0.05) is 24.6 Å². The maximum Gasteiger partial charge on any atom is 0.153 e. The molecule has 0 radical (unpaired) electrons. The summed E-state index contributed by atoms with van der Waals surface area (Å²) in [4.78, 5) is 13.1. The van der Waals surface area contributed by atoms with Crippen LogP contribution in [0.15, 0.2) is 6.20 Å². The number of hydrogen-bond donors (Lipinski definition) is 3. The lowest BCUT2D eigenvalue weighted by atomic mass is 10.0. The summed E-state index contributed by atoms with van der Waals surface area (Å²) in [5.74, 6) is 2.81. The van der Waals surface area contributed by atoms with Gasteiger partial charge in [-0.1, -0.05) is 0 Å². The van der Waals surface area contributed by atoms with Gasteiger partial charge in [-0.25, -0.2) is 9.97 Å². The highest BCUT2D eigenvalue weighted by Crippen LogP contribution is 2.37. The highest BCUT2D eigenvalue weighted by Gasteiger charge is 2.35. The highest BCUT2D eigenvalue weighted by molar-refractivity contribution is 5.39. The third kappa shape index (κ3) is 3.09. The first kappa shape index (κ1) is 14.9. The van der Waals surface area contributed by atoms with Gasteiger partial charge in [-0.15, -0.1) is 0 Å². The van der Waals surface area contributed by atoms with E-state index >= 15 is 0 Å². The van der Waals surface area contributed by atoms with E-state index in [1.54, 1.807) is 6.20 Å². The third-order valence-electron chi connectivity index (χ3n) is 4.24. The van der Waals surface area contributed by atoms with Crippen molar-refractivity contribution in [2.24, 2.45) is 5.92 Å². The maximum atomic E-state index is 10.3. The summed E-state index contributed by atoms with van der Waals surface area (Å²) < 4.78 is 0. The lowest BCUT2D eigenvalue weighted by molar-refractivity contribution is 0.137. The number of nitrogens with one attached hydrogen (secondary N) is 2. The van der Waals surface area contributed by atoms with Crippen LogP contribution in [0.5, 0.6) is 0 Å². The molecule has 7 heteroatoms. The monoisotopic (exact) mass is 302 g/mol. The fraction of sp³-hybridized carbons (Fsp3) is 0.600. The van der Waals surface area contributed by atoms with Gasteiger partial charge >= 0.3 is 0 Å². The van der Waals surface area contributed by atoms with Crippen molar-refractivity contribution in [3.05, 3.63) is 29.2 Å². The molecule has 0 aromatic carbocycles. The van der Waals surface area contributed by atoms with E-state index in [2.05, 4.69) is 30.5 Å². The number of aromatic amines is 1. The lowest BCUT2D eigenvalue weighted by Crippen LogP contribution is -2.22. The van der Waals surface area contributed by atoms with Gasteiger partial charge in [0.2, 0.25) is 0 Å². The molecule has 3 N–H and O–H groups in total. The number of aliphatic hydroxyl groups excluding tert-OH is 1. The third-order valence-corrected chi connectivity index (χ3v) is 4.24. The number of hydrogen-bond acceptors (Lipinski definition) is 6. The van der Waals surface area contributed by atoms with E-state index in [0.29, 0.717) is 13.0 Å². The number of H-pyrrole nitrogens is 1. The zero-order valence-electron chi connectivity index (χ0n) is 13.2. The summed E-state index contributed by atoms with van der Waals surface area (Å²) in [5.41, 5.74) is 1.76. The van der Waals surface area contributed by atoms with Crippen molar-refractivity contribution < 1.29 is 5.11 Å². The molecule has 2 aromatic heterocycles. The minimum absolute atomic E-state index is 0.172. The van der Waals surface area contributed by atoms with Gasteiger partial charge in [0.05, 0.1) is 17.5 Å². The Hall–Kier alpha value is -2.02. The Bertz CT molecular complexity index is 655. The van der Waals surface area contributed by atoms with E-state index in [9.17, 15) is 5.11 Å². The first-order valence-electron chi connectivity index (χ1n) is 7.64. The summed E-state index contributed by atoms with van der Waals surface area (Å²) in [5, 5.41) is 20.7. The molecule has 2 heterocycles. The van der Waals surface area contributed by atoms with Gasteiger partial charge in [0.1, 0.15) is 11.6 Å². The summed E-state index contributed by atoms with van der Waals surface area (Å²) in [7, 11) is 0. The Morgan fingerprint density at radius 3 is 2.82 bits per heavy atom. The normalized spacial score (nSPS) is 24.6. The molecule has 0 bridgehead atoms. The molecule has 7 nitrogen and oxygen atoms in total. The minimum Gasteiger partial charge on any atom is -0.393 e. The quantitative estimate of drug-likeness (QED) is 0.791. The number of aryl methyl sites for hydroxylation is 3. The summed E-state index contributed by atoms with van der Waals surface area (Å²) in [6.45, 7) is 6.42. The summed E-state index contributed by atoms with van der Waals surface area (Å²) in [6.07, 6.45) is 3.01. The molecular formula is C15H22N6O. The van der Waals surface area contributed by atoms with E-state index in [1.807, 2.05) is 20.8 Å². The molecule has 0 unspecified atom stereocenters. The molecule has 22 heavy (non-hydrogen) atoms. The molecule has 1 aliphatic rings. The van der Waals surface area contributed by atoms with Crippen molar-refractivity contribution in [1.82, 2.24) is 25.1 Å². The second-order valence-corrected chi connectivity index (χ2v) is 6.10. The smallest absolute Gasteiger partial charge is 0.153 e. The second kappa shape index (κ2) is 6.00. The Labute approximate surface area is 129 Å². The van der Waals surface area contributed by atoms with Gasteiger partial charge in [-0.2, -0.15) is 5.10 Å². The van der Waals surface area contributed by atoms with Crippen LogP contribution < -0.4 is 5.32 Å². The molecule has 0 spiro atoms. The maximum absolute atomic E-state index is 10.3. The van der Waals surface area contributed by atoms with Crippen LogP contribution in [0.1, 0.15) is 41.8 Å². The van der Waals surface area contributed by atoms with Gasteiger partial charge in [-0.3, -0.25) is 10.1 Å². The van der Waals surface area contributed by atoms with Crippen LogP contribution in [-0.2, 0) is 0 Å². The summed E-state index contributed by atoms with van der Waals surface area (Å²) in [6, 6.07) is 0. The Morgan fingerprint density at radius 1 is 1.27 bits per heavy atom. The van der Waals surface area contributed by atoms with Crippen LogP contribution in [-0.4, -0.2) is 42.9 Å². The molecule has 1 fully saturated rings. The van der Waals surface area contributed by atoms with Crippen molar-refractivity contribution in [2.45, 2.75) is 45.6 Å². The molecular weight excluding hydrogens is 280 g/mol. The van der Waals surface area contributed by atoms with Crippen LogP contribution in [0.25, 0.3) is 0 Å². The summed E-state index contributed by atoms with van der Waals surface area (Å²) >= 11 is 0. The van der Waals surface area contributed by atoms with E-state index in [4.69, 9.17) is 0 Å². The predicted molar refractivity (Wildman–Crippen MR) is 82.6 cm³/mol. The van der Waals surface area contributed by atoms with Crippen molar-refractivity contribution in [3.63, 3.8) is 0 Å². The first-order valence-corrected chi connectivity index (χ1v) is 7.64. The molecule has 1 aliphatic carbocycles. The fourth-order valence-electron chi connectivity index (χ4n) is 3.01. The second-order valence-electron chi connectivity index (χ2n) is 6.10. The zero-order valence-corrected chi connectivity index (χ0v) is 13.2. The number of aromatic nitrogens is 5.